The second kappa shape index (κ2) is 7.62. The maximum Gasteiger partial charge on any atom is 0.166 e. The van der Waals surface area contributed by atoms with Crippen LogP contribution in [0, 0.1) is 6.92 Å². The molecular weight excluding hydrogens is 412 g/mol. The fourth-order valence-corrected chi connectivity index (χ4v) is 7.53. The molecule has 3 N–H and O–H groups in total. The molecule has 2 aliphatic heterocycles. The standard InChI is InChI=1S/C23H32N4O3S/c1-16-13-24-14-22(25-16)27-23(8-10-31(27,29)30)7-9-26(17(2)12-23)15-18-3-6-21(28)20(11-18)19-4-5-19/h3,6,11,13-14,17,19,28-30H,4-5,7-10,12,15H2,1-2H3/t17-,23-/m0/s1. The topological polar surface area (TPSA) is 93.0 Å². The number of anilines is 1. The molecular formula is C23H32N4O3S. The van der Waals surface area contributed by atoms with Crippen LogP contribution in [0.15, 0.2) is 30.6 Å². The summed E-state index contributed by atoms with van der Waals surface area (Å²) in [4.78, 5) is 11.3. The Hall–Kier alpha value is -1.87. The summed E-state index contributed by atoms with van der Waals surface area (Å²) in [5.41, 5.74) is 2.80. The van der Waals surface area contributed by atoms with E-state index in [2.05, 4.69) is 27.9 Å². The normalized spacial score (nSPS) is 29.4. The molecule has 5 rings (SSSR count). The Morgan fingerprint density at radius 2 is 2.00 bits per heavy atom. The number of phenolic OH excluding ortho intramolecular Hbond substituents is 1. The zero-order valence-electron chi connectivity index (χ0n) is 18.2. The zero-order chi connectivity index (χ0) is 21.8. The Kier molecular flexibility index (Phi) is 5.16. The molecule has 168 valence electrons. The van der Waals surface area contributed by atoms with Gasteiger partial charge in [-0.05, 0) is 69.1 Å². The number of aromatic hydroxyl groups is 1. The fourth-order valence-electron chi connectivity index (χ4n) is 5.43. The molecule has 2 atom stereocenters. The lowest BCUT2D eigenvalue weighted by atomic mass is 9.81. The first-order valence-corrected chi connectivity index (χ1v) is 12.9. The Labute approximate surface area is 185 Å². The van der Waals surface area contributed by atoms with Crippen molar-refractivity contribution < 1.29 is 14.2 Å². The predicted octanol–water partition coefficient (Wildman–Crippen LogP) is 4.67. The first-order valence-electron chi connectivity index (χ1n) is 11.2. The van der Waals surface area contributed by atoms with Gasteiger partial charge in [-0.15, -0.1) is 10.8 Å². The number of rotatable bonds is 4. The van der Waals surface area contributed by atoms with Crippen molar-refractivity contribution in [3.05, 3.63) is 47.4 Å². The number of aromatic nitrogens is 2. The Morgan fingerprint density at radius 3 is 2.71 bits per heavy atom. The van der Waals surface area contributed by atoms with E-state index in [4.69, 9.17) is 0 Å². The summed E-state index contributed by atoms with van der Waals surface area (Å²) >= 11 is 0. The minimum absolute atomic E-state index is 0.292. The van der Waals surface area contributed by atoms with E-state index in [0.717, 1.165) is 43.6 Å². The lowest BCUT2D eigenvalue weighted by Crippen LogP contribution is -2.55. The molecule has 8 heteroatoms. The number of likely N-dealkylation sites (tertiary alicyclic amines) is 1. The number of piperidine rings is 1. The van der Waals surface area contributed by atoms with E-state index >= 15 is 0 Å². The van der Waals surface area contributed by atoms with E-state index in [1.165, 1.54) is 18.4 Å². The van der Waals surface area contributed by atoms with Crippen molar-refractivity contribution in [1.82, 2.24) is 14.9 Å². The van der Waals surface area contributed by atoms with Crippen LogP contribution in [0.5, 0.6) is 5.75 Å². The van der Waals surface area contributed by atoms with E-state index in [0.29, 0.717) is 29.3 Å². The molecule has 2 aromatic rings. The Bertz CT molecular complexity index is 983. The summed E-state index contributed by atoms with van der Waals surface area (Å²) in [6.07, 6.45) is 8.15. The Morgan fingerprint density at radius 1 is 1.19 bits per heavy atom. The molecule has 0 bridgehead atoms. The molecule has 1 spiro atoms. The molecule has 3 heterocycles. The third-order valence-corrected chi connectivity index (χ3v) is 9.08. The Balaban J connectivity index is 1.35. The average molecular weight is 445 g/mol. The van der Waals surface area contributed by atoms with Crippen molar-refractivity contribution in [2.24, 2.45) is 0 Å². The van der Waals surface area contributed by atoms with Crippen LogP contribution >= 0.6 is 10.8 Å². The van der Waals surface area contributed by atoms with Gasteiger partial charge in [0.05, 0.1) is 23.2 Å². The van der Waals surface area contributed by atoms with Gasteiger partial charge in [-0.25, -0.2) is 9.29 Å². The van der Waals surface area contributed by atoms with Crippen molar-refractivity contribution in [2.75, 3.05) is 16.6 Å². The molecule has 0 unspecified atom stereocenters. The zero-order valence-corrected chi connectivity index (χ0v) is 19.1. The van der Waals surface area contributed by atoms with Gasteiger partial charge >= 0.3 is 0 Å². The van der Waals surface area contributed by atoms with Crippen LogP contribution in [0.1, 0.15) is 61.8 Å². The molecule has 31 heavy (non-hydrogen) atoms. The second-order valence-corrected chi connectivity index (χ2v) is 11.6. The number of phenols is 1. The summed E-state index contributed by atoms with van der Waals surface area (Å²) < 4.78 is 23.6. The van der Waals surface area contributed by atoms with Crippen molar-refractivity contribution in [3.8, 4) is 5.75 Å². The molecule has 1 aliphatic carbocycles. The summed E-state index contributed by atoms with van der Waals surface area (Å²) in [6, 6.07) is 6.33. The molecule has 0 amide bonds. The molecule has 1 aromatic heterocycles. The van der Waals surface area contributed by atoms with Gasteiger partial charge in [-0.2, -0.15) is 0 Å². The van der Waals surface area contributed by atoms with Gasteiger partial charge in [0.15, 0.2) is 5.82 Å². The average Bonchev–Trinajstić information content (AvgIpc) is 3.52. The first-order chi connectivity index (χ1) is 14.8. The van der Waals surface area contributed by atoms with Gasteiger partial charge in [0.25, 0.3) is 0 Å². The first kappa shape index (κ1) is 21.0. The molecule has 1 aromatic carbocycles. The molecule has 1 saturated carbocycles. The van der Waals surface area contributed by atoms with E-state index < -0.39 is 10.8 Å². The van der Waals surface area contributed by atoms with Gasteiger partial charge in [0.2, 0.25) is 0 Å². The highest BCUT2D eigenvalue weighted by molar-refractivity contribution is 8.25. The maximum atomic E-state index is 10.9. The highest BCUT2D eigenvalue weighted by atomic mass is 32.3. The maximum absolute atomic E-state index is 10.9. The van der Waals surface area contributed by atoms with Crippen molar-refractivity contribution in [3.63, 3.8) is 0 Å². The summed E-state index contributed by atoms with van der Waals surface area (Å²) in [6.45, 7) is 5.83. The van der Waals surface area contributed by atoms with Crippen LogP contribution in [-0.4, -0.2) is 53.0 Å². The summed E-state index contributed by atoms with van der Waals surface area (Å²) in [7, 11) is -2.89. The lowest BCUT2D eigenvalue weighted by molar-refractivity contribution is 0.102. The third-order valence-electron chi connectivity index (χ3n) is 7.17. The number of hydrogen-bond donors (Lipinski definition) is 3. The van der Waals surface area contributed by atoms with Crippen LogP contribution < -0.4 is 4.31 Å². The SMILES string of the molecule is Cc1cncc(N2[C@@]3(CCN(Cc4ccc(O)c(C5CC5)c4)[C@@H](C)C3)CCS2(O)O)n1. The summed E-state index contributed by atoms with van der Waals surface area (Å²) in [5.74, 6) is 1.90. The van der Waals surface area contributed by atoms with Gasteiger partial charge in [0, 0.05) is 25.3 Å². The number of benzene rings is 1. The van der Waals surface area contributed by atoms with Gasteiger partial charge in [-0.1, -0.05) is 12.1 Å². The van der Waals surface area contributed by atoms with Crippen LogP contribution in [0.2, 0.25) is 0 Å². The van der Waals surface area contributed by atoms with Crippen LogP contribution in [-0.2, 0) is 6.54 Å². The van der Waals surface area contributed by atoms with Gasteiger partial charge in [0.1, 0.15) is 5.75 Å². The highest BCUT2D eigenvalue weighted by Gasteiger charge is 2.53. The molecule has 3 fully saturated rings. The number of hydrogen-bond acceptors (Lipinski definition) is 7. The summed E-state index contributed by atoms with van der Waals surface area (Å²) in [5, 5.41) is 10.2. The third kappa shape index (κ3) is 3.91. The monoisotopic (exact) mass is 444 g/mol. The van der Waals surface area contributed by atoms with Crippen molar-refractivity contribution in [1.29, 1.82) is 0 Å². The largest absolute Gasteiger partial charge is 0.508 e. The molecule has 0 radical (unpaired) electrons. The fraction of sp³-hybridized carbons (Fsp3) is 0.565. The van der Waals surface area contributed by atoms with E-state index in [1.54, 1.807) is 16.7 Å². The highest BCUT2D eigenvalue weighted by Crippen LogP contribution is 2.60. The van der Waals surface area contributed by atoms with Crippen LogP contribution in [0.25, 0.3) is 0 Å². The smallest absolute Gasteiger partial charge is 0.166 e. The van der Waals surface area contributed by atoms with Gasteiger partial charge in [-0.3, -0.25) is 19.0 Å². The number of aryl methyl sites for hydroxylation is 1. The van der Waals surface area contributed by atoms with E-state index in [-0.39, 0.29) is 5.54 Å². The van der Waals surface area contributed by atoms with Crippen LogP contribution in [0.4, 0.5) is 5.82 Å². The van der Waals surface area contributed by atoms with E-state index in [1.807, 2.05) is 19.1 Å². The quantitative estimate of drug-likeness (QED) is 0.631. The minimum Gasteiger partial charge on any atom is -0.508 e. The van der Waals surface area contributed by atoms with Crippen LogP contribution in [0.3, 0.4) is 0 Å². The van der Waals surface area contributed by atoms with Crippen molar-refractivity contribution in [2.45, 2.75) is 70.0 Å². The van der Waals surface area contributed by atoms with Crippen molar-refractivity contribution >= 4 is 16.6 Å². The number of nitrogens with zero attached hydrogens (tertiary/aromatic N) is 4. The van der Waals surface area contributed by atoms with Gasteiger partial charge < -0.3 is 5.11 Å². The van der Waals surface area contributed by atoms with E-state index in [9.17, 15) is 14.2 Å². The predicted molar refractivity (Wildman–Crippen MR) is 123 cm³/mol. The molecule has 7 nitrogen and oxygen atoms in total. The molecule has 2 saturated heterocycles. The lowest BCUT2D eigenvalue weighted by Gasteiger charge is -2.51. The molecule has 3 aliphatic rings. The second-order valence-electron chi connectivity index (χ2n) is 9.56. The minimum atomic E-state index is -2.89.